The smallest absolute Gasteiger partial charge is 0.0302 e. The van der Waals surface area contributed by atoms with Crippen molar-refractivity contribution in [2.75, 3.05) is 0 Å². The van der Waals surface area contributed by atoms with Gasteiger partial charge in [-0.2, -0.15) is 0 Å². The van der Waals surface area contributed by atoms with E-state index in [2.05, 4.69) is 41.5 Å². The largest absolute Gasteiger partial charge is 0.0623 e. The Morgan fingerprint density at radius 3 is 1.00 bits per heavy atom. The van der Waals surface area contributed by atoms with Gasteiger partial charge in [-0.05, 0) is 48.3 Å². The molecule has 0 radical (unpaired) electrons. The fraction of sp³-hybridized carbons (Fsp3) is 1.00. The molecule has 0 amide bonds. The van der Waals surface area contributed by atoms with E-state index < -0.39 is 0 Å². The Hall–Kier alpha value is 0. The summed E-state index contributed by atoms with van der Waals surface area (Å²) in [6.45, 7) is 14.5. The van der Waals surface area contributed by atoms with Crippen LogP contribution in [0.1, 0.15) is 67.2 Å². The molecule has 14 heavy (non-hydrogen) atoms. The maximum atomic E-state index is 2.48. The third kappa shape index (κ3) is 2.15. The van der Waals surface area contributed by atoms with Gasteiger partial charge >= 0.3 is 0 Å². The SMILES string of the molecule is CC(C)C1(C)CCC(C)(C(C)C)CC1. The summed E-state index contributed by atoms with van der Waals surface area (Å²) in [6.07, 6.45) is 5.72. The monoisotopic (exact) mass is 196 g/mol. The molecular formula is C14H28. The van der Waals surface area contributed by atoms with Gasteiger partial charge < -0.3 is 0 Å². The van der Waals surface area contributed by atoms with E-state index in [4.69, 9.17) is 0 Å². The molecule has 0 aromatic rings. The Labute approximate surface area is 90.5 Å². The molecule has 0 atom stereocenters. The molecule has 0 aromatic heterocycles. The average Bonchev–Trinajstić information content (AvgIpc) is 2.10. The maximum absolute atomic E-state index is 2.48. The van der Waals surface area contributed by atoms with E-state index in [0.29, 0.717) is 10.8 Å². The van der Waals surface area contributed by atoms with Crippen molar-refractivity contribution < 1.29 is 0 Å². The Morgan fingerprint density at radius 2 is 0.857 bits per heavy atom. The number of hydrogen-bond acceptors (Lipinski definition) is 0. The van der Waals surface area contributed by atoms with Crippen molar-refractivity contribution in [3.05, 3.63) is 0 Å². The molecule has 1 aliphatic carbocycles. The summed E-state index contributed by atoms with van der Waals surface area (Å²) in [6, 6.07) is 0. The summed E-state index contributed by atoms with van der Waals surface area (Å²) >= 11 is 0. The molecular weight excluding hydrogens is 168 g/mol. The van der Waals surface area contributed by atoms with Gasteiger partial charge in [-0.3, -0.25) is 0 Å². The lowest BCUT2D eigenvalue weighted by molar-refractivity contribution is 0.0366. The second-order valence-electron chi connectivity index (χ2n) is 6.62. The molecule has 0 spiro atoms. The van der Waals surface area contributed by atoms with Crippen LogP contribution in [-0.2, 0) is 0 Å². The van der Waals surface area contributed by atoms with Gasteiger partial charge in [-0.15, -0.1) is 0 Å². The molecule has 0 heteroatoms. The molecule has 1 fully saturated rings. The second kappa shape index (κ2) is 3.87. The molecule has 1 rings (SSSR count). The zero-order valence-electron chi connectivity index (χ0n) is 11.0. The van der Waals surface area contributed by atoms with E-state index in [1.165, 1.54) is 25.7 Å². The van der Waals surface area contributed by atoms with E-state index in [9.17, 15) is 0 Å². The van der Waals surface area contributed by atoms with Crippen molar-refractivity contribution in [3.63, 3.8) is 0 Å². The minimum absolute atomic E-state index is 0.619. The van der Waals surface area contributed by atoms with Crippen LogP contribution in [0.3, 0.4) is 0 Å². The molecule has 1 aliphatic rings. The van der Waals surface area contributed by atoms with E-state index >= 15 is 0 Å². The van der Waals surface area contributed by atoms with Crippen LogP contribution in [0.25, 0.3) is 0 Å². The van der Waals surface area contributed by atoms with E-state index in [1.54, 1.807) is 0 Å². The zero-order chi connectivity index (χ0) is 11.0. The Bertz CT molecular complexity index is 158. The summed E-state index contributed by atoms with van der Waals surface area (Å²) < 4.78 is 0. The maximum Gasteiger partial charge on any atom is -0.0302 e. The van der Waals surface area contributed by atoms with Crippen LogP contribution in [0.2, 0.25) is 0 Å². The summed E-state index contributed by atoms with van der Waals surface area (Å²) in [7, 11) is 0. The summed E-state index contributed by atoms with van der Waals surface area (Å²) in [5.74, 6) is 1.69. The van der Waals surface area contributed by atoms with Gasteiger partial charge in [-0.25, -0.2) is 0 Å². The first kappa shape index (κ1) is 12.1. The van der Waals surface area contributed by atoms with Crippen LogP contribution in [0.5, 0.6) is 0 Å². The Morgan fingerprint density at radius 1 is 0.643 bits per heavy atom. The standard InChI is InChI=1S/C14H28/c1-11(2)13(5)7-9-14(6,10-8-13)12(3)4/h11-12H,7-10H2,1-6H3. The lowest BCUT2D eigenvalue weighted by Crippen LogP contribution is -2.36. The van der Waals surface area contributed by atoms with Crippen LogP contribution < -0.4 is 0 Å². The zero-order valence-corrected chi connectivity index (χ0v) is 11.0. The third-order valence-corrected chi connectivity index (χ3v) is 5.32. The first-order valence-corrected chi connectivity index (χ1v) is 6.30. The van der Waals surface area contributed by atoms with Crippen LogP contribution in [0.15, 0.2) is 0 Å². The van der Waals surface area contributed by atoms with E-state index in [0.717, 1.165) is 11.8 Å². The average molecular weight is 196 g/mol. The van der Waals surface area contributed by atoms with Gasteiger partial charge in [0, 0.05) is 0 Å². The Kier molecular flexibility index (Phi) is 3.33. The van der Waals surface area contributed by atoms with Gasteiger partial charge in [0.15, 0.2) is 0 Å². The van der Waals surface area contributed by atoms with E-state index in [1.807, 2.05) is 0 Å². The second-order valence-corrected chi connectivity index (χ2v) is 6.62. The first-order valence-electron chi connectivity index (χ1n) is 6.30. The van der Waals surface area contributed by atoms with Gasteiger partial charge in [0.2, 0.25) is 0 Å². The van der Waals surface area contributed by atoms with Crippen molar-refractivity contribution in [3.8, 4) is 0 Å². The predicted octanol–water partition coefficient (Wildman–Crippen LogP) is 4.89. The highest BCUT2D eigenvalue weighted by atomic mass is 14.5. The minimum atomic E-state index is 0.619. The fourth-order valence-corrected chi connectivity index (χ4v) is 2.55. The first-order chi connectivity index (χ1) is 6.30. The van der Waals surface area contributed by atoms with E-state index in [-0.39, 0.29) is 0 Å². The topological polar surface area (TPSA) is 0 Å². The third-order valence-electron chi connectivity index (χ3n) is 5.32. The summed E-state index contributed by atoms with van der Waals surface area (Å²) in [5.41, 5.74) is 1.24. The van der Waals surface area contributed by atoms with Crippen LogP contribution in [0.4, 0.5) is 0 Å². The molecule has 0 heterocycles. The molecule has 1 saturated carbocycles. The minimum Gasteiger partial charge on any atom is -0.0623 e. The van der Waals surface area contributed by atoms with Gasteiger partial charge in [0.05, 0.1) is 0 Å². The highest BCUT2D eigenvalue weighted by molar-refractivity contribution is 4.91. The highest BCUT2D eigenvalue weighted by Crippen LogP contribution is 2.51. The van der Waals surface area contributed by atoms with Crippen LogP contribution in [0, 0.1) is 22.7 Å². The van der Waals surface area contributed by atoms with Crippen molar-refractivity contribution in [1.29, 1.82) is 0 Å². The number of hydrogen-bond donors (Lipinski definition) is 0. The molecule has 0 saturated heterocycles. The predicted molar refractivity (Wildman–Crippen MR) is 64.4 cm³/mol. The molecule has 0 aliphatic heterocycles. The lowest BCUT2D eigenvalue weighted by Gasteiger charge is -2.47. The van der Waals surface area contributed by atoms with Gasteiger partial charge in [-0.1, -0.05) is 41.5 Å². The Balaban J connectivity index is 2.62. The van der Waals surface area contributed by atoms with Crippen molar-refractivity contribution in [2.45, 2.75) is 67.2 Å². The highest BCUT2D eigenvalue weighted by Gasteiger charge is 2.40. The quantitative estimate of drug-likeness (QED) is 0.590. The number of rotatable bonds is 2. The fourth-order valence-electron chi connectivity index (χ4n) is 2.55. The molecule has 0 unspecified atom stereocenters. The van der Waals surface area contributed by atoms with Crippen molar-refractivity contribution in [1.82, 2.24) is 0 Å². The summed E-state index contributed by atoms with van der Waals surface area (Å²) in [5, 5.41) is 0. The molecule has 84 valence electrons. The molecule has 0 bridgehead atoms. The normalized spacial score (nSPS) is 39.4. The van der Waals surface area contributed by atoms with Gasteiger partial charge in [0.1, 0.15) is 0 Å². The van der Waals surface area contributed by atoms with Gasteiger partial charge in [0.25, 0.3) is 0 Å². The van der Waals surface area contributed by atoms with Crippen LogP contribution in [-0.4, -0.2) is 0 Å². The lowest BCUT2D eigenvalue weighted by atomic mass is 9.58. The molecule has 0 N–H and O–H groups in total. The van der Waals surface area contributed by atoms with Crippen molar-refractivity contribution in [2.24, 2.45) is 22.7 Å². The summed E-state index contributed by atoms with van der Waals surface area (Å²) in [4.78, 5) is 0. The van der Waals surface area contributed by atoms with Crippen molar-refractivity contribution >= 4 is 0 Å². The molecule has 0 aromatic carbocycles. The van der Waals surface area contributed by atoms with Crippen LogP contribution >= 0.6 is 0 Å². The molecule has 0 nitrogen and oxygen atoms in total.